The monoisotopic (exact) mass is 618 g/mol. The summed E-state index contributed by atoms with van der Waals surface area (Å²) in [6, 6.07) is 42.7. The van der Waals surface area contributed by atoms with E-state index in [2.05, 4.69) is 54.6 Å². The summed E-state index contributed by atoms with van der Waals surface area (Å²) in [6.07, 6.45) is -2.55. The van der Waals surface area contributed by atoms with Crippen LogP contribution in [0.25, 0.3) is 0 Å². The highest BCUT2D eigenvalue weighted by Crippen LogP contribution is 2.36. The van der Waals surface area contributed by atoms with Crippen molar-refractivity contribution in [1.82, 2.24) is 9.78 Å². The Labute approximate surface area is 271 Å². The SMILES string of the molecule is Cc1cc(C)n([C@@H]2O[C@H](COCc3ccccc3)[C@@H](OCc3ccccc3)[C@H](OCc3ccccc3)[C@H]2OCc2ccccc2)n1. The van der Waals surface area contributed by atoms with Gasteiger partial charge in [0.05, 0.1) is 38.7 Å². The van der Waals surface area contributed by atoms with Crippen LogP contribution >= 0.6 is 0 Å². The second-order valence-electron chi connectivity index (χ2n) is 11.7. The number of hydrogen-bond acceptors (Lipinski definition) is 6. The third-order valence-corrected chi connectivity index (χ3v) is 8.14. The molecule has 0 unspecified atom stereocenters. The molecule has 5 aromatic rings. The fourth-order valence-corrected chi connectivity index (χ4v) is 5.87. The summed E-state index contributed by atoms with van der Waals surface area (Å²) < 4.78 is 35.5. The minimum absolute atomic E-state index is 0.306. The second kappa shape index (κ2) is 15.9. The molecule has 1 aromatic heterocycles. The standard InChI is InChI=1S/C39H42N2O5/c1-29-23-30(2)41(40-29)39-38(45-27-34-21-13-6-14-22-34)37(44-26-33-19-11-5-12-20-33)36(43-25-32-17-9-4-10-18-32)35(46-39)28-42-24-31-15-7-3-8-16-31/h3-23,35-39H,24-28H2,1-2H3/t35-,36-,37+,38-,39-/m1/s1. The van der Waals surface area contributed by atoms with Crippen LogP contribution in [0.4, 0.5) is 0 Å². The second-order valence-corrected chi connectivity index (χ2v) is 11.7. The van der Waals surface area contributed by atoms with Gasteiger partial charge in [0.15, 0.2) is 6.23 Å². The molecule has 0 radical (unpaired) electrons. The van der Waals surface area contributed by atoms with Crippen molar-refractivity contribution in [1.29, 1.82) is 0 Å². The third-order valence-electron chi connectivity index (χ3n) is 8.14. The highest BCUT2D eigenvalue weighted by Gasteiger charge is 2.49. The molecule has 46 heavy (non-hydrogen) atoms. The van der Waals surface area contributed by atoms with Crippen molar-refractivity contribution in [2.45, 2.75) is 70.9 Å². The third kappa shape index (κ3) is 8.37. The van der Waals surface area contributed by atoms with Crippen molar-refractivity contribution in [2.75, 3.05) is 6.61 Å². The van der Waals surface area contributed by atoms with E-state index in [4.69, 9.17) is 28.8 Å². The van der Waals surface area contributed by atoms with Crippen LogP contribution in [-0.2, 0) is 50.1 Å². The van der Waals surface area contributed by atoms with E-state index in [9.17, 15) is 0 Å². The lowest BCUT2D eigenvalue weighted by molar-refractivity contribution is -0.292. The van der Waals surface area contributed by atoms with E-state index in [1.54, 1.807) is 0 Å². The molecule has 7 nitrogen and oxygen atoms in total. The normalized spacial score (nSPS) is 21.3. The van der Waals surface area contributed by atoms with Gasteiger partial charge in [-0.2, -0.15) is 5.10 Å². The van der Waals surface area contributed by atoms with Gasteiger partial charge in [-0.3, -0.25) is 0 Å². The number of benzene rings is 4. The molecular weight excluding hydrogens is 576 g/mol. The lowest BCUT2D eigenvalue weighted by atomic mass is 9.96. The molecule has 0 bridgehead atoms. The minimum atomic E-state index is -0.569. The van der Waals surface area contributed by atoms with Gasteiger partial charge in [0.1, 0.15) is 24.4 Å². The van der Waals surface area contributed by atoms with Gasteiger partial charge in [0, 0.05) is 5.69 Å². The van der Waals surface area contributed by atoms with Crippen LogP contribution < -0.4 is 0 Å². The lowest BCUT2D eigenvalue weighted by Gasteiger charge is -2.46. The predicted molar refractivity (Wildman–Crippen MR) is 177 cm³/mol. The number of aromatic nitrogens is 2. The number of ether oxygens (including phenoxy) is 5. The number of aryl methyl sites for hydroxylation is 2. The Hall–Kier alpha value is -4.11. The molecule has 7 heteroatoms. The molecular formula is C39H42N2O5. The summed E-state index contributed by atoms with van der Waals surface area (Å²) in [5.41, 5.74) is 6.17. The van der Waals surface area contributed by atoms with Gasteiger partial charge >= 0.3 is 0 Å². The van der Waals surface area contributed by atoms with Crippen LogP contribution in [0.1, 0.15) is 39.9 Å². The van der Waals surface area contributed by atoms with E-state index < -0.39 is 30.6 Å². The summed E-state index contributed by atoms with van der Waals surface area (Å²) in [7, 11) is 0. The Morgan fingerprint density at radius 1 is 0.565 bits per heavy atom. The van der Waals surface area contributed by atoms with Gasteiger partial charge in [-0.05, 0) is 42.2 Å². The highest BCUT2D eigenvalue weighted by molar-refractivity contribution is 5.17. The molecule has 1 saturated heterocycles. The molecule has 4 aromatic carbocycles. The van der Waals surface area contributed by atoms with E-state index in [-0.39, 0.29) is 0 Å². The fourth-order valence-electron chi connectivity index (χ4n) is 5.87. The summed E-state index contributed by atoms with van der Waals surface area (Å²) >= 11 is 0. The van der Waals surface area contributed by atoms with Crippen LogP contribution in [0, 0.1) is 13.8 Å². The van der Waals surface area contributed by atoms with E-state index >= 15 is 0 Å². The maximum atomic E-state index is 6.93. The van der Waals surface area contributed by atoms with Crippen molar-refractivity contribution in [3.63, 3.8) is 0 Å². The van der Waals surface area contributed by atoms with Crippen LogP contribution in [0.3, 0.4) is 0 Å². The molecule has 5 atom stereocenters. The number of hydrogen-bond donors (Lipinski definition) is 0. The van der Waals surface area contributed by atoms with Crippen LogP contribution in [0.5, 0.6) is 0 Å². The quantitative estimate of drug-likeness (QED) is 0.130. The topological polar surface area (TPSA) is 64.0 Å². The molecule has 0 N–H and O–H groups in total. The highest BCUT2D eigenvalue weighted by atomic mass is 16.6. The Morgan fingerprint density at radius 2 is 1.00 bits per heavy atom. The molecule has 6 rings (SSSR count). The van der Waals surface area contributed by atoms with E-state index in [0.717, 1.165) is 33.6 Å². The average Bonchev–Trinajstić information content (AvgIpc) is 3.44. The smallest absolute Gasteiger partial charge is 0.179 e. The van der Waals surface area contributed by atoms with Gasteiger partial charge in [0.2, 0.25) is 0 Å². The molecule has 0 aliphatic carbocycles. The minimum Gasteiger partial charge on any atom is -0.374 e. The van der Waals surface area contributed by atoms with Crippen molar-refractivity contribution in [2.24, 2.45) is 0 Å². The van der Waals surface area contributed by atoms with E-state index in [1.165, 1.54) is 0 Å². The summed E-state index contributed by atoms with van der Waals surface area (Å²) in [5, 5.41) is 4.85. The zero-order valence-corrected chi connectivity index (χ0v) is 26.5. The summed E-state index contributed by atoms with van der Waals surface area (Å²) in [4.78, 5) is 0. The van der Waals surface area contributed by atoms with Crippen molar-refractivity contribution >= 4 is 0 Å². The summed E-state index contributed by atoms with van der Waals surface area (Å²) in [6.45, 7) is 5.96. The first kappa shape index (κ1) is 31.9. The first-order valence-corrected chi connectivity index (χ1v) is 15.9. The molecule has 238 valence electrons. The zero-order chi connectivity index (χ0) is 31.6. The van der Waals surface area contributed by atoms with Gasteiger partial charge < -0.3 is 23.7 Å². The molecule has 2 heterocycles. The molecule has 0 amide bonds. The Bertz CT molecular complexity index is 1600. The molecule has 0 spiro atoms. The molecule has 1 aliphatic rings. The summed E-state index contributed by atoms with van der Waals surface area (Å²) in [5.74, 6) is 0. The maximum Gasteiger partial charge on any atom is 0.179 e. The van der Waals surface area contributed by atoms with Gasteiger partial charge in [-0.25, -0.2) is 4.68 Å². The van der Waals surface area contributed by atoms with Crippen LogP contribution in [0.2, 0.25) is 0 Å². The first-order valence-electron chi connectivity index (χ1n) is 15.9. The van der Waals surface area contributed by atoms with E-state index in [0.29, 0.717) is 33.0 Å². The van der Waals surface area contributed by atoms with Gasteiger partial charge in [-0.1, -0.05) is 121 Å². The Morgan fingerprint density at radius 3 is 1.46 bits per heavy atom. The fraction of sp³-hybridized carbons (Fsp3) is 0.308. The molecule has 1 fully saturated rings. The van der Waals surface area contributed by atoms with Crippen molar-refractivity contribution in [3.05, 3.63) is 161 Å². The number of nitrogens with zero attached hydrogens (tertiary/aromatic N) is 2. The Balaban J connectivity index is 1.34. The first-order chi connectivity index (χ1) is 22.6. The zero-order valence-electron chi connectivity index (χ0n) is 26.5. The Kier molecular flexibility index (Phi) is 11.0. The molecule has 0 saturated carbocycles. The van der Waals surface area contributed by atoms with Crippen LogP contribution in [-0.4, -0.2) is 40.8 Å². The number of rotatable bonds is 14. The maximum absolute atomic E-state index is 6.93. The lowest BCUT2D eigenvalue weighted by Crippen LogP contribution is -2.59. The van der Waals surface area contributed by atoms with Gasteiger partial charge in [0.25, 0.3) is 0 Å². The van der Waals surface area contributed by atoms with Crippen molar-refractivity contribution < 1.29 is 23.7 Å². The van der Waals surface area contributed by atoms with Gasteiger partial charge in [-0.15, -0.1) is 0 Å². The predicted octanol–water partition coefficient (Wildman–Crippen LogP) is 7.37. The van der Waals surface area contributed by atoms with Crippen LogP contribution in [0.15, 0.2) is 127 Å². The largest absolute Gasteiger partial charge is 0.374 e. The molecule has 1 aliphatic heterocycles. The average molecular weight is 619 g/mol. The van der Waals surface area contributed by atoms with Crippen molar-refractivity contribution in [3.8, 4) is 0 Å². The van der Waals surface area contributed by atoms with E-state index in [1.807, 2.05) is 91.3 Å².